The smallest absolute Gasteiger partial charge is 0.0239 e. The molecule has 0 heterocycles. The Labute approximate surface area is 80.3 Å². The third-order valence-electron chi connectivity index (χ3n) is 2.96. The number of rotatable bonds is 0. The molecule has 0 saturated carbocycles. The maximum atomic E-state index is 2.28. The van der Waals surface area contributed by atoms with Crippen molar-refractivity contribution in [3.05, 3.63) is 47.0 Å². The molecule has 0 amide bonds. The second-order valence-electron chi connectivity index (χ2n) is 3.72. The molecule has 0 nitrogen and oxygen atoms in total. The highest BCUT2D eigenvalue weighted by atomic mass is 14.1. The van der Waals surface area contributed by atoms with Crippen LogP contribution in [0.15, 0.2) is 35.9 Å². The molecule has 0 fully saturated rings. The predicted octanol–water partition coefficient (Wildman–Crippen LogP) is 3.51. The molecule has 0 radical (unpaired) electrons. The van der Waals surface area contributed by atoms with Crippen LogP contribution in [0.2, 0.25) is 0 Å². The van der Waals surface area contributed by atoms with Gasteiger partial charge in [-0.2, -0.15) is 0 Å². The number of benzene rings is 1. The highest BCUT2D eigenvalue weighted by Crippen LogP contribution is 2.23. The summed E-state index contributed by atoms with van der Waals surface area (Å²) in [7, 11) is 0. The van der Waals surface area contributed by atoms with Crippen LogP contribution in [0.3, 0.4) is 0 Å². The molecule has 0 aromatic heterocycles. The minimum atomic E-state index is 1.23. The number of allylic oxidation sites excluding steroid dienone is 2. The van der Waals surface area contributed by atoms with Crippen LogP contribution >= 0.6 is 0 Å². The fraction of sp³-hybridized carbons (Fsp3) is 0.385. The van der Waals surface area contributed by atoms with E-state index < -0.39 is 0 Å². The molecule has 68 valence electrons. The van der Waals surface area contributed by atoms with Gasteiger partial charge in [-0.1, -0.05) is 35.9 Å². The summed E-state index contributed by atoms with van der Waals surface area (Å²) in [5, 5.41) is 0. The van der Waals surface area contributed by atoms with Gasteiger partial charge >= 0.3 is 0 Å². The number of hydrogen-bond acceptors (Lipinski definition) is 0. The summed E-state index contributed by atoms with van der Waals surface area (Å²) in [6, 6.07) is 8.85. The summed E-state index contributed by atoms with van der Waals surface area (Å²) < 4.78 is 0. The predicted molar refractivity (Wildman–Crippen MR) is 56.8 cm³/mol. The second-order valence-corrected chi connectivity index (χ2v) is 3.72. The highest BCUT2D eigenvalue weighted by molar-refractivity contribution is 5.30. The van der Waals surface area contributed by atoms with Crippen molar-refractivity contribution >= 4 is 0 Å². The van der Waals surface area contributed by atoms with Gasteiger partial charge in [-0.25, -0.2) is 0 Å². The van der Waals surface area contributed by atoms with Crippen molar-refractivity contribution in [3.63, 3.8) is 0 Å². The molecular formula is C13H16. The molecule has 13 heavy (non-hydrogen) atoms. The van der Waals surface area contributed by atoms with Crippen molar-refractivity contribution < 1.29 is 0 Å². The van der Waals surface area contributed by atoms with E-state index in [4.69, 9.17) is 0 Å². The Morgan fingerprint density at radius 3 is 1.92 bits per heavy atom. The number of hydrogen-bond donors (Lipinski definition) is 0. The molecule has 0 atom stereocenters. The first-order valence-electron chi connectivity index (χ1n) is 5.11. The van der Waals surface area contributed by atoms with Gasteiger partial charge in [0.2, 0.25) is 0 Å². The Bertz CT molecular complexity index is 292. The monoisotopic (exact) mass is 172 g/mol. The van der Waals surface area contributed by atoms with Gasteiger partial charge in [0, 0.05) is 0 Å². The Balaban J connectivity index is 2.26. The van der Waals surface area contributed by atoms with Gasteiger partial charge in [0.1, 0.15) is 0 Å². The van der Waals surface area contributed by atoms with Crippen LogP contribution in [0.25, 0.3) is 0 Å². The van der Waals surface area contributed by atoms with Crippen molar-refractivity contribution in [1.29, 1.82) is 0 Å². The van der Waals surface area contributed by atoms with Gasteiger partial charge in [-0.15, -0.1) is 0 Å². The third kappa shape index (κ3) is 1.82. The lowest BCUT2D eigenvalue weighted by atomic mass is 10.0. The zero-order valence-corrected chi connectivity index (χ0v) is 8.22. The molecule has 0 N–H and O–H groups in total. The Kier molecular flexibility index (Phi) is 2.49. The van der Waals surface area contributed by atoms with Gasteiger partial charge in [0.05, 0.1) is 0 Å². The first-order valence-corrected chi connectivity index (χ1v) is 5.11. The lowest BCUT2D eigenvalue weighted by molar-refractivity contribution is 0.886. The molecule has 0 heteroatoms. The lowest BCUT2D eigenvalue weighted by Gasteiger charge is -2.02. The fourth-order valence-electron chi connectivity index (χ4n) is 2.05. The first-order chi connectivity index (χ1) is 6.40. The average molecular weight is 172 g/mol. The Morgan fingerprint density at radius 1 is 0.923 bits per heavy atom. The average Bonchev–Trinajstić information content (AvgIpc) is 2.39. The summed E-state index contributed by atoms with van der Waals surface area (Å²) in [5.74, 6) is 0. The molecule has 1 aliphatic rings. The van der Waals surface area contributed by atoms with E-state index >= 15 is 0 Å². The second kappa shape index (κ2) is 3.78. The van der Waals surface area contributed by atoms with Gasteiger partial charge in [-0.05, 0) is 43.7 Å². The van der Waals surface area contributed by atoms with Gasteiger partial charge in [-0.3, -0.25) is 0 Å². The highest BCUT2D eigenvalue weighted by Gasteiger charge is 2.08. The fourth-order valence-corrected chi connectivity index (χ4v) is 2.05. The summed E-state index contributed by atoms with van der Waals surface area (Å²) in [5.41, 5.74) is 4.73. The molecule has 0 unspecified atom stereocenters. The summed E-state index contributed by atoms with van der Waals surface area (Å²) in [4.78, 5) is 0. The maximum Gasteiger partial charge on any atom is -0.0239 e. The van der Waals surface area contributed by atoms with E-state index in [1.54, 1.807) is 16.7 Å². The molecule has 0 saturated heterocycles. The van der Waals surface area contributed by atoms with Crippen LogP contribution in [-0.4, -0.2) is 0 Å². The zero-order chi connectivity index (χ0) is 9.10. The van der Waals surface area contributed by atoms with Gasteiger partial charge < -0.3 is 0 Å². The normalized spacial score (nSPS) is 16.2. The molecule has 1 aromatic carbocycles. The Morgan fingerprint density at radius 2 is 1.46 bits per heavy atom. The molecule has 0 aliphatic heterocycles. The quantitative estimate of drug-likeness (QED) is 0.415. The molecular weight excluding hydrogens is 156 g/mol. The van der Waals surface area contributed by atoms with E-state index in [1.807, 2.05) is 0 Å². The molecule has 0 spiro atoms. The van der Waals surface area contributed by atoms with Gasteiger partial charge in [0.25, 0.3) is 0 Å². The number of aryl methyl sites for hydroxylation is 2. The van der Waals surface area contributed by atoms with E-state index in [0.29, 0.717) is 0 Å². The van der Waals surface area contributed by atoms with E-state index in [9.17, 15) is 0 Å². The van der Waals surface area contributed by atoms with Crippen LogP contribution in [0, 0.1) is 0 Å². The largest absolute Gasteiger partial charge is 0.0884 e. The maximum absolute atomic E-state index is 2.28. The van der Waals surface area contributed by atoms with Crippen LogP contribution in [-0.2, 0) is 12.8 Å². The lowest BCUT2D eigenvalue weighted by Crippen LogP contribution is -1.88. The summed E-state index contributed by atoms with van der Waals surface area (Å²) in [6.45, 7) is 2.16. The van der Waals surface area contributed by atoms with Crippen LogP contribution in [0.5, 0.6) is 0 Å². The number of fused-ring (bicyclic) bond motifs is 1. The topological polar surface area (TPSA) is 0 Å². The summed E-state index contributed by atoms with van der Waals surface area (Å²) in [6.07, 6.45) is 7.26. The standard InChI is InChI=1S/C13H16/c1-2-11-7-9-12-5-3-4-6-13(12)10-8-11/h2-6H,7-10H2,1H3. The van der Waals surface area contributed by atoms with Crippen molar-refractivity contribution in [2.24, 2.45) is 0 Å². The Hall–Kier alpha value is -1.04. The van der Waals surface area contributed by atoms with Crippen molar-refractivity contribution in [3.8, 4) is 0 Å². The van der Waals surface area contributed by atoms with E-state index in [0.717, 1.165) is 0 Å². The minimum absolute atomic E-state index is 1.23. The third-order valence-corrected chi connectivity index (χ3v) is 2.96. The van der Waals surface area contributed by atoms with Crippen LogP contribution in [0.4, 0.5) is 0 Å². The SMILES string of the molecule is CC=C1CCc2ccccc2CC1. The van der Waals surface area contributed by atoms with Crippen molar-refractivity contribution in [2.75, 3.05) is 0 Å². The molecule has 1 aliphatic carbocycles. The zero-order valence-electron chi connectivity index (χ0n) is 8.22. The molecule has 0 bridgehead atoms. The van der Waals surface area contributed by atoms with Crippen molar-refractivity contribution in [2.45, 2.75) is 32.6 Å². The van der Waals surface area contributed by atoms with Crippen LogP contribution < -0.4 is 0 Å². The summed E-state index contributed by atoms with van der Waals surface area (Å²) >= 11 is 0. The van der Waals surface area contributed by atoms with Crippen LogP contribution in [0.1, 0.15) is 30.9 Å². The van der Waals surface area contributed by atoms with E-state index in [1.165, 1.54) is 25.7 Å². The minimum Gasteiger partial charge on any atom is -0.0884 e. The van der Waals surface area contributed by atoms with Crippen molar-refractivity contribution in [1.82, 2.24) is 0 Å². The van der Waals surface area contributed by atoms with Gasteiger partial charge in [0.15, 0.2) is 0 Å². The van der Waals surface area contributed by atoms with E-state index in [-0.39, 0.29) is 0 Å². The first kappa shape index (κ1) is 8.55. The van der Waals surface area contributed by atoms with E-state index in [2.05, 4.69) is 37.3 Å². The molecule has 1 aromatic rings. The molecule has 2 rings (SSSR count).